The molecule has 0 aromatic rings. The van der Waals surface area contributed by atoms with Gasteiger partial charge in [0.05, 0.1) is 0 Å². The molecule has 2 heteroatoms. The van der Waals surface area contributed by atoms with Crippen LogP contribution in [0.2, 0.25) is 0 Å². The second-order valence-electron chi connectivity index (χ2n) is 3.40. The maximum absolute atomic E-state index is 11.3. The van der Waals surface area contributed by atoms with Crippen molar-refractivity contribution in [1.82, 2.24) is 5.32 Å². The summed E-state index contributed by atoms with van der Waals surface area (Å²) in [6.07, 6.45) is 1.74. The molecule has 0 radical (unpaired) electrons. The molecular weight excluding hydrogens is 138 g/mol. The summed E-state index contributed by atoms with van der Waals surface area (Å²) in [5.41, 5.74) is 0. The molecule has 2 unspecified atom stereocenters. The van der Waals surface area contributed by atoms with Crippen LogP contribution < -0.4 is 5.32 Å². The lowest BCUT2D eigenvalue weighted by molar-refractivity contribution is -0.124. The summed E-state index contributed by atoms with van der Waals surface area (Å²) in [5, 5.41) is 3.29. The summed E-state index contributed by atoms with van der Waals surface area (Å²) < 4.78 is 0. The highest BCUT2D eigenvalue weighted by atomic mass is 16.1. The Hall–Kier alpha value is -0.370. The Balaban J connectivity index is 2.47. The minimum atomic E-state index is 0.334. The van der Waals surface area contributed by atoms with Crippen LogP contribution in [0.15, 0.2) is 0 Å². The van der Waals surface area contributed by atoms with Crippen molar-refractivity contribution in [1.29, 1.82) is 0 Å². The fraction of sp³-hybridized carbons (Fsp3) is 0.889. The fourth-order valence-corrected chi connectivity index (χ4v) is 1.75. The highest BCUT2D eigenvalue weighted by Crippen LogP contribution is 2.20. The van der Waals surface area contributed by atoms with E-state index >= 15 is 0 Å². The Bertz CT molecular complexity index is 144. The third kappa shape index (κ3) is 2.03. The molecule has 1 rings (SSSR count). The zero-order valence-electron chi connectivity index (χ0n) is 7.39. The van der Waals surface area contributed by atoms with Crippen molar-refractivity contribution in [2.24, 2.45) is 11.8 Å². The molecule has 0 saturated carbocycles. The second-order valence-corrected chi connectivity index (χ2v) is 3.40. The van der Waals surface area contributed by atoms with Gasteiger partial charge in [-0.15, -0.1) is 0 Å². The van der Waals surface area contributed by atoms with Gasteiger partial charge in [-0.2, -0.15) is 0 Å². The Morgan fingerprint density at radius 1 is 1.64 bits per heavy atom. The first-order chi connectivity index (χ1) is 5.25. The van der Waals surface area contributed by atoms with Crippen LogP contribution in [0.3, 0.4) is 0 Å². The number of hydrogen-bond donors (Lipinski definition) is 1. The van der Waals surface area contributed by atoms with Gasteiger partial charge in [0.25, 0.3) is 0 Å². The minimum absolute atomic E-state index is 0.334. The van der Waals surface area contributed by atoms with Crippen LogP contribution in [0.1, 0.15) is 26.7 Å². The van der Waals surface area contributed by atoms with Crippen LogP contribution in [0.4, 0.5) is 0 Å². The first-order valence-electron chi connectivity index (χ1n) is 4.49. The molecule has 1 saturated heterocycles. The van der Waals surface area contributed by atoms with Gasteiger partial charge in [-0.25, -0.2) is 0 Å². The molecule has 0 aromatic carbocycles. The van der Waals surface area contributed by atoms with Crippen molar-refractivity contribution < 1.29 is 4.79 Å². The van der Waals surface area contributed by atoms with E-state index in [1.54, 1.807) is 0 Å². The number of ketones is 1. The number of hydrogen-bond acceptors (Lipinski definition) is 2. The molecule has 1 fully saturated rings. The van der Waals surface area contributed by atoms with Crippen molar-refractivity contribution in [3.8, 4) is 0 Å². The molecule has 0 bridgehead atoms. The topological polar surface area (TPSA) is 29.1 Å². The van der Waals surface area contributed by atoms with Crippen LogP contribution in [0.25, 0.3) is 0 Å². The normalized spacial score (nSPS) is 31.8. The molecule has 0 aliphatic carbocycles. The molecule has 0 amide bonds. The van der Waals surface area contributed by atoms with E-state index in [2.05, 4.69) is 12.2 Å². The van der Waals surface area contributed by atoms with Crippen molar-refractivity contribution in [2.75, 3.05) is 13.1 Å². The number of carbonyl (C=O) groups is 1. The van der Waals surface area contributed by atoms with Crippen LogP contribution >= 0.6 is 0 Å². The van der Waals surface area contributed by atoms with E-state index in [-0.39, 0.29) is 0 Å². The van der Waals surface area contributed by atoms with Gasteiger partial charge in [-0.1, -0.05) is 13.8 Å². The predicted molar refractivity (Wildman–Crippen MR) is 45.4 cm³/mol. The van der Waals surface area contributed by atoms with Gasteiger partial charge in [-0.05, 0) is 25.4 Å². The van der Waals surface area contributed by atoms with Gasteiger partial charge < -0.3 is 5.32 Å². The molecule has 1 aliphatic heterocycles. The van der Waals surface area contributed by atoms with E-state index in [1.807, 2.05) is 6.92 Å². The molecule has 11 heavy (non-hydrogen) atoms. The summed E-state index contributed by atoms with van der Waals surface area (Å²) in [5.74, 6) is 1.32. The standard InChI is InChI=1S/C9H17NO/c1-3-9(11)8-4-5-10-6-7(8)2/h7-8,10H,3-6H2,1-2H3. The summed E-state index contributed by atoms with van der Waals surface area (Å²) in [4.78, 5) is 11.3. The summed E-state index contributed by atoms with van der Waals surface area (Å²) in [6, 6.07) is 0. The maximum Gasteiger partial charge on any atom is 0.136 e. The monoisotopic (exact) mass is 155 g/mol. The average Bonchev–Trinajstić information content (AvgIpc) is 2.04. The molecular formula is C9H17NO. The molecule has 1 aliphatic rings. The fourth-order valence-electron chi connectivity index (χ4n) is 1.75. The Kier molecular flexibility index (Phi) is 3.06. The highest BCUT2D eigenvalue weighted by Gasteiger charge is 2.25. The quantitative estimate of drug-likeness (QED) is 0.649. The largest absolute Gasteiger partial charge is 0.316 e. The molecule has 1 heterocycles. The smallest absolute Gasteiger partial charge is 0.136 e. The SMILES string of the molecule is CCC(=O)C1CCNCC1C. The van der Waals surface area contributed by atoms with E-state index in [0.717, 1.165) is 19.5 Å². The Morgan fingerprint density at radius 2 is 2.36 bits per heavy atom. The van der Waals surface area contributed by atoms with Crippen LogP contribution in [0, 0.1) is 11.8 Å². The summed E-state index contributed by atoms with van der Waals surface area (Å²) in [7, 11) is 0. The van der Waals surface area contributed by atoms with E-state index in [0.29, 0.717) is 24.0 Å². The maximum atomic E-state index is 11.3. The van der Waals surface area contributed by atoms with Gasteiger partial charge in [-0.3, -0.25) is 4.79 Å². The van der Waals surface area contributed by atoms with Crippen LogP contribution in [-0.4, -0.2) is 18.9 Å². The first kappa shape index (κ1) is 8.72. The summed E-state index contributed by atoms with van der Waals surface area (Å²) in [6.45, 7) is 6.14. The van der Waals surface area contributed by atoms with E-state index < -0.39 is 0 Å². The lowest BCUT2D eigenvalue weighted by atomic mass is 9.84. The minimum Gasteiger partial charge on any atom is -0.316 e. The van der Waals surface area contributed by atoms with Crippen molar-refractivity contribution in [2.45, 2.75) is 26.7 Å². The van der Waals surface area contributed by atoms with Crippen LogP contribution in [0.5, 0.6) is 0 Å². The number of carbonyl (C=O) groups excluding carboxylic acids is 1. The molecule has 2 atom stereocenters. The molecule has 0 aromatic heterocycles. The van der Waals surface area contributed by atoms with Gasteiger partial charge in [0.2, 0.25) is 0 Å². The van der Waals surface area contributed by atoms with Gasteiger partial charge in [0.1, 0.15) is 5.78 Å². The third-order valence-electron chi connectivity index (χ3n) is 2.55. The van der Waals surface area contributed by atoms with Crippen molar-refractivity contribution >= 4 is 5.78 Å². The first-order valence-corrected chi connectivity index (χ1v) is 4.49. The zero-order chi connectivity index (χ0) is 8.27. The molecule has 2 nitrogen and oxygen atoms in total. The van der Waals surface area contributed by atoms with Gasteiger partial charge >= 0.3 is 0 Å². The van der Waals surface area contributed by atoms with E-state index in [1.165, 1.54) is 0 Å². The Labute approximate surface area is 68.4 Å². The second kappa shape index (κ2) is 3.86. The number of Topliss-reactive ketones (excluding diaryl/α,β-unsaturated/α-hetero) is 1. The average molecular weight is 155 g/mol. The van der Waals surface area contributed by atoms with Crippen LogP contribution in [-0.2, 0) is 4.79 Å². The number of rotatable bonds is 2. The number of nitrogens with one attached hydrogen (secondary N) is 1. The summed E-state index contributed by atoms with van der Waals surface area (Å²) >= 11 is 0. The molecule has 64 valence electrons. The van der Waals surface area contributed by atoms with Gasteiger partial charge in [0, 0.05) is 12.3 Å². The lowest BCUT2D eigenvalue weighted by Gasteiger charge is -2.27. The predicted octanol–water partition coefficient (Wildman–Crippen LogP) is 1.21. The lowest BCUT2D eigenvalue weighted by Crippen LogP contribution is -2.38. The van der Waals surface area contributed by atoms with Crippen molar-refractivity contribution in [3.05, 3.63) is 0 Å². The molecule has 0 spiro atoms. The highest BCUT2D eigenvalue weighted by molar-refractivity contribution is 5.81. The third-order valence-corrected chi connectivity index (χ3v) is 2.55. The number of piperidine rings is 1. The zero-order valence-corrected chi connectivity index (χ0v) is 7.39. The molecule has 1 N–H and O–H groups in total. The Morgan fingerprint density at radius 3 is 2.91 bits per heavy atom. The van der Waals surface area contributed by atoms with Gasteiger partial charge in [0.15, 0.2) is 0 Å². The van der Waals surface area contributed by atoms with Crippen molar-refractivity contribution in [3.63, 3.8) is 0 Å². The van der Waals surface area contributed by atoms with E-state index in [9.17, 15) is 4.79 Å². The van der Waals surface area contributed by atoms with E-state index in [4.69, 9.17) is 0 Å².